The maximum Gasteiger partial charge on any atom is 0.240 e. The van der Waals surface area contributed by atoms with E-state index in [4.69, 9.17) is 22.1 Å². The van der Waals surface area contributed by atoms with Gasteiger partial charge < -0.3 is 21.2 Å². The Kier molecular flexibility index (Phi) is 15.2. The van der Waals surface area contributed by atoms with Gasteiger partial charge in [-0.1, -0.05) is 41.5 Å². The fourth-order valence-corrected chi connectivity index (χ4v) is 2.92. The minimum atomic E-state index is -0.721. The van der Waals surface area contributed by atoms with Crippen molar-refractivity contribution in [2.75, 3.05) is 26.9 Å². The summed E-state index contributed by atoms with van der Waals surface area (Å²) < 4.78 is 18.7. The lowest BCUT2D eigenvalue weighted by Gasteiger charge is -2.14. The molecule has 0 fully saturated rings. The number of allylic oxidation sites excluding steroid dienone is 3. The summed E-state index contributed by atoms with van der Waals surface area (Å²) in [6, 6.07) is 7.13. The van der Waals surface area contributed by atoms with Crippen molar-refractivity contribution in [2.24, 2.45) is 21.0 Å². The molecule has 9 heteroatoms. The number of nitrogens with two attached hydrogens (primary N) is 1. The number of hydrogen-bond donors (Lipinski definition) is 3. The van der Waals surface area contributed by atoms with Crippen LogP contribution in [-0.4, -0.2) is 56.8 Å². The standard InChI is InChI=1S/C25H36ClFN6O/c1-5-6-11-23(14-19(2)17-29-18-20(3)28)31-32-24(16-27)12-8-13-30-33-25(34-4)21-9-7-10-22(26)15-21/h5-10,12-15,20,23,29,31H,11,16-18,28H2,1-4H3/b6-5-,12-8+,19-14+,30-13+,32-24+,33-25-. The first kappa shape index (κ1) is 29.2. The number of nitrogens with zero attached hydrogens (tertiary/aromatic N) is 3. The summed E-state index contributed by atoms with van der Waals surface area (Å²) in [7, 11) is 1.50. The predicted octanol–water partition coefficient (Wildman–Crippen LogP) is 4.41. The van der Waals surface area contributed by atoms with Crippen molar-refractivity contribution in [3.63, 3.8) is 0 Å². The molecular formula is C25H36ClFN6O. The van der Waals surface area contributed by atoms with Crippen LogP contribution in [-0.2, 0) is 4.74 Å². The van der Waals surface area contributed by atoms with Crippen molar-refractivity contribution in [1.82, 2.24) is 10.7 Å². The zero-order chi connectivity index (χ0) is 25.2. The maximum atomic E-state index is 13.4. The van der Waals surface area contributed by atoms with E-state index in [1.165, 1.54) is 19.4 Å². The Morgan fingerprint density at radius 3 is 2.79 bits per heavy atom. The van der Waals surface area contributed by atoms with Gasteiger partial charge in [0.2, 0.25) is 5.90 Å². The number of ether oxygens (including phenoxy) is 1. The molecule has 1 aromatic carbocycles. The molecule has 0 aliphatic heterocycles. The highest BCUT2D eigenvalue weighted by Crippen LogP contribution is 2.12. The molecule has 7 nitrogen and oxygen atoms in total. The van der Waals surface area contributed by atoms with E-state index < -0.39 is 6.67 Å². The minimum absolute atomic E-state index is 0.0662. The topological polar surface area (TPSA) is 96.4 Å². The SMILES string of the molecule is C/C=C\CC(/C=C(\C)CNCC(C)N)N\N=C(/C=C/C=N/N=C(\OC)c1cccc(Cl)c1)CF. The lowest BCUT2D eigenvalue weighted by Crippen LogP contribution is -2.32. The highest BCUT2D eigenvalue weighted by atomic mass is 35.5. The monoisotopic (exact) mass is 490 g/mol. The van der Waals surface area contributed by atoms with Crippen molar-refractivity contribution >= 4 is 29.4 Å². The fourth-order valence-electron chi connectivity index (χ4n) is 2.73. The van der Waals surface area contributed by atoms with Gasteiger partial charge in [-0.3, -0.25) is 0 Å². The van der Waals surface area contributed by atoms with Gasteiger partial charge in [0.15, 0.2) is 0 Å². The highest BCUT2D eigenvalue weighted by Gasteiger charge is 2.05. The van der Waals surface area contributed by atoms with Crippen LogP contribution in [0.3, 0.4) is 0 Å². The second kappa shape index (κ2) is 17.6. The van der Waals surface area contributed by atoms with Crippen LogP contribution in [0.15, 0.2) is 75.5 Å². The van der Waals surface area contributed by atoms with E-state index >= 15 is 0 Å². The van der Waals surface area contributed by atoms with Crippen LogP contribution in [0.5, 0.6) is 0 Å². The van der Waals surface area contributed by atoms with Crippen LogP contribution >= 0.6 is 11.6 Å². The van der Waals surface area contributed by atoms with Crippen LogP contribution in [0.2, 0.25) is 5.02 Å². The molecule has 4 N–H and O–H groups in total. The number of benzene rings is 1. The van der Waals surface area contributed by atoms with Crippen LogP contribution in [0.4, 0.5) is 4.39 Å². The molecule has 0 aromatic heterocycles. The third-order valence-corrected chi connectivity index (χ3v) is 4.58. The molecule has 2 unspecified atom stereocenters. The van der Waals surface area contributed by atoms with Gasteiger partial charge >= 0.3 is 0 Å². The van der Waals surface area contributed by atoms with Crippen molar-refractivity contribution in [2.45, 2.75) is 39.3 Å². The van der Waals surface area contributed by atoms with Crippen LogP contribution in [0.25, 0.3) is 0 Å². The van der Waals surface area contributed by atoms with Crippen molar-refractivity contribution in [1.29, 1.82) is 0 Å². The molecule has 0 saturated heterocycles. The Morgan fingerprint density at radius 2 is 2.15 bits per heavy atom. The summed E-state index contributed by atoms with van der Waals surface area (Å²) in [5.41, 5.74) is 10.9. The summed E-state index contributed by atoms with van der Waals surface area (Å²) >= 11 is 5.99. The van der Waals surface area contributed by atoms with E-state index in [9.17, 15) is 4.39 Å². The average Bonchev–Trinajstić information content (AvgIpc) is 2.81. The van der Waals surface area contributed by atoms with Crippen molar-refractivity contribution in [3.05, 3.63) is 70.8 Å². The molecular weight excluding hydrogens is 455 g/mol. The highest BCUT2D eigenvalue weighted by molar-refractivity contribution is 6.30. The second-order valence-corrected chi connectivity index (χ2v) is 8.08. The lowest BCUT2D eigenvalue weighted by molar-refractivity contribution is 0.403. The van der Waals surface area contributed by atoms with Crippen LogP contribution < -0.4 is 16.5 Å². The summed E-state index contributed by atoms with van der Waals surface area (Å²) in [5.74, 6) is 0.317. The Balaban J connectivity index is 2.78. The number of methoxy groups -OCH3 is 1. The van der Waals surface area contributed by atoms with Gasteiger partial charge in [-0.2, -0.15) is 10.2 Å². The molecule has 0 amide bonds. The zero-order valence-electron chi connectivity index (χ0n) is 20.3. The Bertz CT molecular complexity index is 908. The molecule has 0 aliphatic carbocycles. The van der Waals surface area contributed by atoms with E-state index in [-0.39, 0.29) is 17.8 Å². The molecule has 34 heavy (non-hydrogen) atoms. The fraction of sp³-hybridized carbons (Fsp3) is 0.400. The van der Waals surface area contributed by atoms with Crippen LogP contribution in [0, 0.1) is 0 Å². The van der Waals surface area contributed by atoms with Gasteiger partial charge in [0.05, 0.1) is 18.9 Å². The van der Waals surface area contributed by atoms with E-state index in [1.54, 1.807) is 24.3 Å². The molecule has 0 heterocycles. The molecule has 186 valence electrons. The molecule has 1 aromatic rings. The Labute approximate surface area is 207 Å². The third kappa shape index (κ3) is 13.0. The smallest absolute Gasteiger partial charge is 0.240 e. The van der Waals surface area contributed by atoms with Gasteiger partial charge in [0.25, 0.3) is 0 Å². The van der Waals surface area contributed by atoms with Gasteiger partial charge in [-0.05, 0) is 57.5 Å². The molecule has 0 bridgehead atoms. The quantitative estimate of drug-likeness (QED) is 0.156. The van der Waals surface area contributed by atoms with Gasteiger partial charge in [-0.25, -0.2) is 4.39 Å². The van der Waals surface area contributed by atoms with Gasteiger partial charge in [0.1, 0.15) is 6.67 Å². The molecule has 1 rings (SSSR count). The first-order chi connectivity index (χ1) is 16.4. The number of hydrazone groups is 1. The first-order valence-electron chi connectivity index (χ1n) is 11.1. The number of alkyl halides is 1. The van der Waals surface area contributed by atoms with E-state index in [0.29, 0.717) is 16.5 Å². The van der Waals surface area contributed by atoms with Crippen LogP contribution in [0.1, 0.15) is 32.8 Å². The van der Waals surface area contributed by atoms with E-state index in [2.05, 4.69) is 32.1 Å². The molecule has 0 saturated carbocycles. The number of halogens is 2. The predicted molar refractivity (Wildman–Crippen MR) is 143 cm³/mol. The average molecular weight is 491 g/mol. The van der Waals surface area contributed by atoms with E-state index in [0.717, 1.165) is 25.1 Å². The second-order valence-electron chi connectivity index (χ2n) is 7.64. The molecule has 2 atom stereocenters. The Morgan fingerprint density at radius 1 is 1.35 bits per heavy atom. The van der Waals surface area contributed by atoms with E-state index in [1.807, 2.05) is 39.0 Å². The zero-order valence-corrected chi connectivity index (χ0v) is 21.1. The maximum absolute atomic E-state index is 13.4. The Hall–Kier alpha value is -2.81. The van der Waals surface area contributed by atoms with Crippen molar-refractivity contribution in [3.8, 4) is 0 Å². The lowest BCUT2D eigenvalue weighted by atomic mass is 10.1. The largest absolute Gasteiger partial charge is 0.479 e. The first-order valence-corrected chi connectivity index (χ1v) is 11.5. The van der Waals surface area contributed by atoms with Gasteiger partial charge in [0, 0.05) is 35.9 Å². The molecule has 0 radical (unpaired) electrons. The summed E-state index contributed by atoms with van der Waals surface area (Å²) in [5, 5.41) is 16.1. The third-order valence-electron chi connectivity index (χ3n) is 4.35. The van der Waals surface area contributed by atoms with Gasteiger partial charge in [-0.15, -0.1) is 5.10 Å². The van der Waals surface area contributed by atoms with Crippen molar-refractivity contribution < 1.29 is 9.13 Å². The summed E-state index contributed by atoms with van der Waals surface area (Å²) in [6.07, 6.45) is 11.3. The summed E-state index contributed by atoms with van der Waals surface area (Å²) in [6.45, 7) is 6.69. The number of rotatable bonds is 14. The number of hydrogen-bond acceptors (Lipinski definition) is 7. The number of nitrogens with one attached hydrogen (secondary N) is 2. The minimum Gasteiger partial charge on any atom is -0.479 e. The molecule has 0 spiro atoms. The normalized spacial score (nSPS) is 15.4. The summed E-state index contributed by atoms with van der Waals surface area (Å²) in [4.78, 5) is 0. The molecule has 0 aliphatic rings.